The number of unbranched alkanes of at least 4 members (excludes halogenated alkanes) is 2. The molecule has 0 aromatic carbocycles. The second-order valence-corrected chi connectivity index (χ2v) is 8.28. The lowest BCUT2D eigenvalue weighted by molar-refractivity contribution is 0.147. The van der Waals surface area contributed by atoms with Crippen LogP contribution in [0.2, 0.25) is 6.04 Å². The van der Waals surface area contributed by atoms with E-state index in [1.807, 2.05) is 0 Å². The van der Waals surface area contributed by atoms with Crippen LogP contribution in [0.1, 0.15) is 84.0 Å². The molecule has 0 nitrogen and oxygen atoms in total. The molecule has 0 N–H and O–H groups in total. The van der Waals surface area contributed by atoms with Gasteiger partial charge in [-0.25, -0.2) is 0 Å². The predicted molar refractivity (Wildman–Crippen MR) is 89.8 cm³/mol. The van der Waals surface area contributed by atoms with E-state index in [-0.39, 0.29) is 0 Å². The Bertz CT molecular complexity index is 222. The van der Waals surface area contributed by atoms with Crippen LogP contribution in [0.3, 0.4) is 0 Å². The highest BCUT2D eigenvalue weighted by Gasteiger charge is 2.30. The van der Waals surface area contributed by atoms with Gasteiger partial charge in [0, 0.05) is 10.2 Å². The first-order chi connectivity index (χ1) is 9.33. The highest BCUT2D eigenvalue weighted by Crippen LogP contribution is 2.42. The Kier molecular flexibility index (Phi) is 6.97. The minimum Gasteiger partial charge on any atom is -0.0654 e. The Morgan fingerprint density at radius 1 is 0.737 bits per heavy atom. The zero-order chi connectivity index (χ0) is 13.5. The van der Waals surface area contributed by atoms with Gasteiger partial charge >= 0.3 is 0 Å². The van der Waals surface area contributed by atoms with Crippen molar-refractivity contribution in [3.8, 4) is 0 Å². The van der Waals surface area contributed by atoms with Crippen molar-refractivity contribution in [2.24, 2.45) is 23.7 Å². The van der Waals surface area contributed by atoms with E-state index in [1.54, 1.807) is 57.4 Å². The number of hydrogen-bond acceptors (Lipinski definition) is 0. The maximum absolute atomic E-state index is 2.33. The van der Waals surface area contributed by atoms with Crippen molar-refractivity contribution in [3.05, 3.63) is 0 Å². The molecule has 2 saturated carbocycles. The lowest BCUT2D eigenvalue weighted by atomic mass is 9.69. The molecule has 0 saturated heterocycles. The second kappa shape index (κ2) is 8.49. The standard InChI is InChI=1S/C18H36Si/c1-2-3-4-5-15-6-10-17(11-7-15)18-12-8-16(14-19)9-13-18/h15-18H,2-14H2,1,19H3/t15?,16-,17?,18-. The molecule has 0 amide bonds. The molecule has 0 radical (unpaired) electrons. The molecular weight excluding hydrogens is 244 g/mol. The zero-order valence-electron chi connectivity index (χ0n) is 13.5. The van der Waals surface area contributed by atoms with Gasteiger partial charge in [-0.15, -0.1) is 0 Å². The van der Waals surface area contributed by atoms with Crippen molar-refractivity contribution in [2.45, 2.75) is 90.0 Å². The molecule has 0 aromatic rings. The minimum atomic E-state index is 1.10. The smallest absolute Gasteiger partial charge is 0.00314 e. The fourth-order valence-electron chi connectivity index (χ4n) is 4.70. The first kappa shape index (κ1) is 15.6. The molecule has 2 rings (SSSR count). The maximum Gasteiger partial charge on any atom is 0.00314 e. The van der Waals surface area contributed by atoms with E-state index < -0.39 is 0 Å². The molecule has 0 atom stereocenters. The maximum atomic E-state index is 2.33. The van der Waals surface area contributed by atoms with Gasteiger partial charge in [0.05, 0.1) is 0 Å². The quantitative estimate of drug-likeness (QED) is 0.476. The molecule has 19 heavy (non-hydrogen) atoms. The van der Waals surface area contributed by atoms with Crippen molar-refractivity contribution in [2.75, 3.05) is 0 Å². The van der Waals surface area contributed by atoms with Gasteiger partial charge in [0.25, 0.3) is 0 Å². The molecule has 2 fully saturated rings. The molecule has 0 heterocycles. The fraction of sp³-hybridized carbons (Fsp3) is 1.00. The van der Waals surface area contributed by atoms with Gasteiger partial charge < -0.3 is 0 Å². The summed E-state index contributed by atoms with van der Waals surface area (Å²) in [5, 5.41) is 0. The monoisotopic (exact) mass is 280 g/mol. The Labute approximate surface area is 124 Å². The largest absolute Gasteiger partial charge is 0.0654 e. The average molecular weight is 281 g/mol. The Morgan fingerprint density at radius 3 is 1.74 bits per heavy atom. The summed E-state index contributed by atoms with van der Waals surface area (Å²) < 4.78 is 0. The van der Waals surface area contributed by atoms with Gasteiger partial charge in [0.2, 0.25) is 0 Å². The molecule has 2 aliphatic rings. The molecule has 112 valence electrons. The minimum absolute atomic E-state index is 1.10. The normalized spacial score (nSPS) is 36.5. The van der Waals surface area contributed by atoms with E-state index in [0.29, 0.717) is 0 Å². The Morgan fingerprint density at radius 2 is 1.26 bits per heavy atom. The van der Waals surface area contributed by atoms with Crippen LogP contribution < -0.4 is 0 Å². The summed E-state index contributed by atoms with van der Waals surface area (Å²) in [5.41, 5.74) is 0. The summed E-state index contributed by atoms with van der Waals surface area (Å²) in [7, 11) is 1.43. The summed E-state index contributed by atoms with van der Waals surface area (Å²) in [5.74, 6) is 4.48. The summed E-state index contributed by atoms with van der Waals surface area (Å²) in [4.78, 5) is 0. The summed E-state index contributed by atoms with van der Waals surface area (Å²) >= 11 is 0. The molecule has 2 aliphatic carbocycles. The summed E-state index contributed by atoms with van der Waals surface area (Å²) in [6.45, 7) is 2.33. The molecular formula is C18H36Si. The van der Waals surface area contributed by atoms with Crippen LogP contribution in [0.5, 0.6) is 0 Å². The first-order valence-corrected chi connectivity index (χ1v) is 10.7. The third kappa shape index (κ3) is 4.92. The van der Waals surface area contributed by atoms with Gasteiger partial charge in [-0.1, -0.05) is 64.3 Å². The van der Waals surface area contributed by atoms with E-state index in [1.165, 1.54) is 35.9 Å². The highest BCUT2D eigenvalue weighted by molar-refractivity contribution is 6.08. The zero-order valence-corrected chi connectivity index (χ0v) is 15.5. The number of hydrogen-bond donors (Lipinski definition) is 0. The van der Waals surface area contributed by atoms with Crippen LogP contribution in [0.15, 0.2) is 0 Å². The van der Waals surface area contributed by atoms with Gasteiger partial charge in [0.15, 0.2) is 0 Å². The molecule has 0 aliphatic heterocycles. The summed E-state index contributed by atoms with van der Waals surface area (Å²) in [6, 6.07) is 1.57. The molecule has 0 unspecified atom stereocenters. The lowest BCUT2D eigenvalue weighted by Gasteiger charge is -2.37. The van der Waals surface area contributed by atoms with Crippen molar-refractivity contribution in [3.63, 3.8) is 0 Å². The van der Waals surface area contributed by atoms with Gasteiger partial charge in [-0.2, -0.15) is 0 Å². The first-order valence-electron chi connectivity index (χ1n) is 9.33. The Balaban J connectivity index is 1.63. The van der Waals surface area contributed by atoms with E-state index in [0.717, 1.165) is 23.7 Å². The topological polar surface area (TPSA) is 0 Å². The van der Waals surface area contributed by atoms with Crippen molar-refractivity contribution in [1.29, 1.82) is 0 Å². The van der Waals surface area contributed by atoms with Crippen LogP contribution >= 0.6 is 0 Å². The molecule has 0 spiro atoms. The van der Waals surface area contributed by atoms with E-state index in [2.05, 4.69) is 6.92 Å². The van der Waals surface area contributed by atoms with Gasteiger partial charge in [-0.3, -0.25) is 0 Å². The van der Waals surface area contributed by atoms with E-state index >= 15 is 0 Å². The molecule has 0 aromatic heterocycles. The van der Waals surface area contributed by atoms with Gasteiger partial charge in [-0.05, 0) is 49.4 Å². The molecule has 1 heteroatoms. The second-order valence-electron chi connectivity index (χ2n) is 7.47. The highest BCUT2D eigenvalue weighted by atomic mass is 28.1. The Hall–Kier alpha value is 0.217. The van der Waals surface area contributed by atoms with E-state index in [4.69, 9.17) is 0 Å². The van der Waals surface area contributed by atoms with Gasteiger partial charge in [0.1, 0.15) is 0 Å². The van der Waals surface area contributed by atoms with Crippen LogP contribution in [-0.4, -0.2) is 10.2 Å². The van der Waals surface area contributed by atoms with Crippen LogP contribution in [-0.2, 0) is 0 Å². The summed E-state index contributed by atoms with van der Waals surface area (Å²) in [6.07, 6.45) is 18.5. The third-order valence-electron chi connectivity index (χ3n) is 6.24. The van der Waals surface area contributed by atoms with Crippen molar-refractivity contribution in [1.82, 2.24) is 0 Å². The van der Waals surface area contributed by atoms with Crippen molar-refractivity contribution < 1.29 is 0 Å². The van der Waals surface area contributed by atoms with Crippen LogP contribution in [0.4, 0.5) is 0 Å². The van der Waals surface area contributed by atoms with E-state index in [9.17, 15) is 0 Å². The fourth-order valence-corrected chi connectivity index (χ4v) is 5.52. The SMILES string of the molecule is CCCCCC1CCC([C@H]2CC[C@H](C[SiH3])CC2)CC1. The van der Waals surface area contributed by atoms with Crippen molar-refractivity contribution >= 4 is 10.2 Å². The van der Waals surface area contributed by atoms with Crippen LogP contribution in [0, 0.1) is 23.7 Å². The third-order valence-corrected chi connectivity index (χ3v) is 7.40. The number of rotatable bonds is 6. The lowest BCUT2D eigenvalue weighted by Crippen LogP contribution is -2.25. The van der Waals surface area contributed by atoms with Crippen LogP contribution in [0.25, 0.3) is 0 Å². The molecule has 0 bridgehead atoms. The average Bonchev–Trinajstić information content (AvgIpc) is 2.48. The predicted octanol–water partition coefficient (Wildman–Crippen LogP) is 4.96.